The number of benzene rings is 1. The Labute approximate surface area is 94.6 Å². The monoisotopic (exact) mass is 252 g/mol. The van der Waals surface area contributed by atoms with Crippen LogP contribution in [0.15, 0.2) is 18.2 Å². The fourth-order valence-corrected chi connectivity index (χ4v) is 1.31. The Morgan fingerprint density at radius 2 is 2.06 bits per heavy atom. The molecule has 1 N–H and O–H groups in total. The Morgan fingerprint density at radius 3 is 2.56 bits per heavy atom. The van der Waals surface area contributed by atoms with Crippen molar-refractivity contribution in [2.24, 2.45) is 0 Å². The van der Waals surface area contributed by atoms with E-state index in [0.717, 1.165) is 18.2 Å². The van der Waals surface area contributed by atoms with Crippen molar-refractivity contribution < 1.29 is 23.1 Å². The normalized spacial score (nSPS) is 11.5. The lowest BCUT2D eigenvalue weighted by atomic mass is 10.0. The van der Waals surface area contributed by atoms with Crippen LogP contribution >= 0.6 is 11.6 Å². The van der Waals surface area contributed by atoms with Gasteiger partial charge in [-0.05, 0) is 12.1 Å². The smallest absolute Gasteiger partial charge is 0.303 e. The molecule has 0 amide bonds. The third-order valence-electron chi connectivity index (χ3n) is 1.99. The van der Waals surface area contributed by atoms with Crippen molar-refractivity contribution in [3.63, 3.8) is 0 Å². The molecule has 1 aromatic carbocycles. The van der Waals surface area contributed by atoms with Gasteiger partial charge in [0, 0.05) is 12.0 Å². The number of alkyl halides is 2. The van der Waals surface area contributed by atoms with Gasteiger partial charge in [0.1, 0.15) is 5.82 Å². The van der Waals surface area contributed by atoms with Gasteiger partial charge in [-0.25, -0.2) is 13.2 Å². The molecule has 0 bridgehead atoms. The van der Waals surface area contributed by atoms with E-state index in [9.17, 15) is 18.0 Å². The van der Waals surface area contributed by atoms with Crippen molar-refractivity contribution in [3.05, 3.63) is 34.6 Å². The lowest BCUT2D eigenvalue weighted by Gasteiger charge is -2.15. The molecule has 0 aromatic heterocycles. The van der Waals surface area contributed by atoms with E-state index in [0.29, 0.717) is 0 Å². The first kappa shape index (κ1) is 12.8. The molecule has 0 heterocycles. The third kappa shape index (κ3) is 3.13. The Kier molecular flexibility index (Phi) is 3.80. The predicted octanol–water partition coefficient (Wildman–Crippen LogP) is 3.44. The second kappa shape index (κ2) is 4.74. The number of aliphatic carboxylic acids is 1. The Hall–Kier alpha value is -1.23. The summed E-state index contributed by atoms with van der Waals surface area (Å²) in [6, 6.07) is 2.52. The van der Waals surface area contributed by atoms with Crippen molar-refractivity contribution in [1.82, 2.24) is 0 Å². The minimum atomic E-state index is -3.32. The van der Waals surface area contributed by atoms with Gasteiger partial charge in [0.2, 0.25) is 0 Å². The van der Waals surface area contributed by atoms with E-state index in [1.807, 2.05) is 0 Å². The fraction of sp³-hybridized carbons (Fsp3) is 0.300. The van der Waals surface area contributed by atoms with E-state index in [-0.39, 0.29) is 0 Å². The van der Waals surface area contributed by atoms with Crippen LogP contribution in [0.3, 0.4) is 0 Å². The first-order valence-corrected chi connectivity index (χ1v) is 4.76. The van der Waals surface area contributed by atoms with E-state index < -0.39 is 41.1 Å². The molecule has 0 atom stereocenters. The molecule has 0 unspecified atom stereocenters. The lowest BCUT2D eigenvalue weighted by Crippen LogP contribution is -2.15. The topological polar surface area (TPSA) is 37.3 Å². The highest BCUT2D eigenvalue weighted by Gasteiger charge is 2.32. The van der Waals surface area contributed by atoms with Crippen LogP contribution in [-0.4, -0.2) is 11.1 Å². The summed E-state index contributed by atoms with van der Waals surface area (Å²) in [5, 5.41) is 7.89. The van der Waals surface area contributed by atoms with Crippen molar-refractivity contribution in [2.75, 3.05) is 0 Å². The van der Waals surface area contributed by atoms with Crippen LogP contribution in [0.2, 0.25) is 5.02 Å². The van der Waals surface area contributed by atoms with Gasteiger partial charge < -0.3 is 5.11 Å². The van der Waals surface area contributed by atoms with Gasteiger partial charge >= 0.3 is 5.97 Å². The van der Waals surface area contributed by atoms with Crippen molar-refractivity contribution in [1.29, 1.82) is 0 Å². The van der Waals surface area contributed by atoms with Crippen LogP contribution in [-0.2, 0) is 10.7 Å². The van der Waals surface area contributed by atoms with Crippen molar-refractivity contribution in [2.45, 2.75) is 18.8 Å². The minimum absolute atomic E-state index is 0.410. The predicted molar refractivity (Wildman–Crippen MR) is 52.2 cm³/mol. The molecular weight excluding hydrogens is 245 g/mol. The summed E-state index contributed by atoms with van der Waals surface area (Å²) in [4.78, 5) is 10.2. The number of carbonyl (C=O) groups is 1. The molecule has 0 aliphatic carbocycles. The molecule has 0 saturated heterocycles. The van der Waals surface area contributed by atoms with E-state index in [2.05, 4.69) is 0 Å². The van der Waals surface area contributed by atoms with Crippen LogP contribution in [0.5, 0.6) is 0 Å². The number of carboxylic acid groups (broad SMARTS) is 1. The van der Waals surface area contributed by atoms with Gasteiger partial charge in [0.15, 0.2) is 0 Å². The summed E-state index contributed by atoms with van der Waals surface area (Å²) in [5.41, 5.74) is -0.486. The van der Waals surface area contributed by atoms with E-state index in [4.69, 9.17) is 16.7 Å². The maximum Gasteiger partial charge on any atom is 0.303 e. The molecule has 0 aliphatic rings. The largest absolute Gasteiger partial charge is 0.481 e. The number of rotatable bonds is 4. The zero-order valence-electron chi connectivity index (χ0n) is 8.01. The second-order valence-electron chi connectivity index (χ2n) is 3.23. The zero-order valence-corrected chi connectivity index (χ0v) is 8.77. The third-order valence-corrected chi connectivity index (χ3v) is 2.28. The first-order chi connectivity index (χ1) is 7.33. The average Bonchev–Trinajstić information content (AvgIpc) is 2.19. The van der Waals surface area contributed by atoms with Crippen molar-refractivity contribution in [3.8, 4) is 0 Å². The van der Waals surface area contributed by atoms with E-state index >= 15 is 0 Å². The van der Waals surface area contributed by atoms with Gasteiger partial charge in [0.25, 0.3) is 5.92 Å². The molecular formula is C10H8ClF3O2. The highest BCUT2D eigenvalue weighted by molar-refractivity contribution is 6.30. The van der Waals surface area contributed by atoms with Crippen molar-refractivity contribution >= 4 is 17.6 Å². The maximum atomic E-state index is 13.4. The Balaban J connectivity index is 2.88. The van der Waals surface area contributed by atoms with Gasteiger partial charge in [-0.1, -0.05) is 17.7 Å². The number of carboxylic acids is 1. The molecule has 16 heavy (non-hydrogen) atoms. The van der Waals surface area contributed by atoms with Crippen LogP contribution in [0, 0.1) is 5.82 Å². The summed E-state index contributed by atoms with van der Waals surface area (Å²) in [7, 11) is 0. The molecule has 0 fully saturated rings. The van der Waals surface area contributed by atoms with E-state index in [1.165, 1.54) is 0 Å². The molecule has 2 nitrogen and oxygen atoms in total. The van der Waals surface area contributed by atoms with Gasteiger partial charge in [-0.2, -0.15) is 0 Å². The standard InChI is InChI=1S/C10H8ClF3O2/c11-7-5-6(1-2-8(7)12)10(13,14)4-3-9(15)16/h1-2,5H,3-4H2,(H,15,16). The van der Waals surface area contributed by atoms with Crippen LogP contribution < -0.4 is 0 Å². The minimum Gasteiger partial charge on any atom is -0.481 e. The Bertz CT molecular complexity index is 407. The maximum absolute atomic E-state index is 13.4. The first-order valence-electron chi connectivity index (χ1n) is 4.38. The number of halogens is 4. The molecule has 88 valence electrons. The SMILES string of the molecule is O=C(O)CCC(F)(F)c1ccc(F)c(Cl)c1. The molecule has 0 aliphatic heterocycles. The zero-order chi connectivity index (χ0) is 12.3. The summed E-state index contributed by atoms with van der Waals surface area (Å²) in [5.74, 6) is -5.43. The fourth-order valence-electron chi connectivity index (χ4n) is 1.13. The van der Waals surface area contributed by atoms with E-state index in [1.54, 1.807) is 0 Å². The summed E-state index contributed by atoms with van der Waals surface area (Å²) < 4.78 is 39.5. The summed E-state index contributed by atoms with van der Waals surface area (Å²) >= 11 is 5.36. The molecule has 6 heteroatoms. The van der Waals surface area contributed by atoms with Gasteiger partial charge in [-0.15, -0.1) is 0 Å². The van der Waals surface area contributed by atoms with Crippen LogP contribution in [0.25, 0.3) is 0 Å². The molecule has 0 radical (unpaired) electrons. The lowest BCUT2D eigenvalue weighted by molar-refractivity contribution is -0.139. The van der Waals surface area contributed by atoms with Gasteiger partial charge in [0.05, 0.1) is 11.4 Å². The highest BCUT2D eigenvalue weighted by atomic mass is 35.5. The van der Waals surface area contributed by atoms with Gasteiger partial charge in [-0.3, -0.25) is 4.79 Å². The summed E-state index contributed by atoms with van der Waals surface area (Å²) in [6.45, 7) is 0. The molecule has 0 saturated carbocycles. The number of hydrogen-bond donors (Lipinski definition) is 1. The summed E-state index contributed by atoms with van der Waals surface area (Å²) in [6.07, 6.45) is -1.51. The molecule has 1 rings (SSSR count). The second-order valence-corrected chi connectivity index (χ2v) is 3.63. The van der Waals surface area contributed by atoms with Crippen LogP contribution in [0.4, 0.5) is 13.2 Å². The molecule has 1 aromatic rings. The molecule has 0 spiro atoms. The highest BCUT2D eigenvalue weighted by Crippen LogP contribution is 2.34. The van der Waals surface area contributed by atoms with Crippen LogP contribution in [0.1, 0.15) is 18.4 Å². The Morgan fingerprint density at radius 1 is 1.44 bits per heavy atom. The number of hydrogen-bond acceptors (Lipinski definition) is 1. The quantitative estimate of drug-likeness (QED) is 0.891. The average molecular weight is 253 g/mol.